The molecule has 2 aliphatic rings. The summed E-state index contributed by atoms with van der Waals surface area (Å²) in [6, 6.07) is 14.9. The number of ketones is 1. The molecule has 0 radical (unpaired) electrons. The molecule has 1 unspecified atom stereocenters. The average Bonchev–Trinajstić information content (AvgIpc) is 3.03. The normalized spacial score (nSPS) is 21.6. The number of carbonyl (C=O) groups is 2. The Morgan fingerprint density at radius 2 is 2.04 bits per heavy atom. The molecule has 2 aromatic carbocycles. The monoisotopic (exact) mass is 369 g/mol. The first kappa shape index (κ1) is 17.1. The van der Waals surface area contributed by atoms with Crippen molar-refractivity contribution in [3.05, 3.63) is 64.7 Å². The molecule has 2 aliphatic heterocycles. The van der Waals surface area contributed by atoms with Gasteiger partial charge in [0.1, 0.15) is 11.4 Å². The van der Waals surface area contributed by atoms with E-state index in [1.54, 1.807) is 6.07 Å². The van der Waals surface area contributed by atoms with E-state index in [1.165, 1.54) is 0 Å². The number of fused-ring (bicyclic) bond motifs is 1. The van der Waals surface area contributed by atoms with Gasteiger partial charge in [0, 0.05) is 24.4 Å². The summed E-state index contributed by atoms with van der Waals surface area (Å²) in [6.07, 6.45) is 2.12. The molecule has 0 aromatic heterocycles. The lowest BCUT2D eigenvalue weighted by Crippen LogP contribution is -2.45. The summed E-state index contributed by atoms with van der Waals surface area (Å²) in [5.74, 6) is 0.828. The summed E-state index contributed by atoms with van der Waals surface area (Å²) in [7, 11) is 0. The van der Waals surface area contributed by atoms with Gasteiger partial charge in [-0.05, 0) is 36.2 Å². The van der Waals surface area contributed by atoms with Gasteiger partial charge in [0.25, 0.3) is 0 Å². The lowest BCUT2D eigenvalue weighted by atomic mass is 9.89. The van der Waals surface area contributed by atoms with Crippen LogP contribution in [0.1, 0.15) is 35.2 Å². The SMILES string of the molecule is O=C1CC2(CCN(C(=O)CCc3cccc(Cl)c3)C2)Oc2ccccc21. The van der Waals surface area contributed by atoms with E-state index >= 15 is 0 Å². The second-order valence-electron chi connectivity index (χ2n) is 7.08. The van der Waals surface area contributed by atoms with Crippen molar-refractivity contribution in [1.29, 1.82) is 0 Å². The molecule has 4 rings (SSSR count). The molecule has 1 fully saturated rings. The van der Waals surface area contributed by atoms with E-state index in [2.05, 4.69) is 0 Å². The average molecular weight is 370 g/mol. The second-order valence-corrected chi connectivity index (χ2v) is 7.51. The number of aryl methyl sites for hydroxylation is 1. The molecule has 0 bridgehead atoms. The van der Waals surface area contributed by atoms with Crippen LogP contribution in [0.2, 0.25) is 5.02 Å². The van der Waals surface area contributed by atoms with Gasteiger partial charge < -0.3 is 9.64 Å². The highest BCUT2D eigenvalue weighted by atomic mass is 35.5. The predicted octanol–water partition coefficient (Wildman–Crippen LogP) is 3.91. The molecule has 134 valence electrons. The van der Waals surface area contributed by atoms with Crippen LogP contribution in [-0.2, 0) is 11.2 Å². The van der Waals surface area contributed by atoms with Crippen LogP contribution in [-0.4, -0.2) is 35.3 Å². The van der Waals surface area contributed by atoms with Crippen LogP contribution in [0.25, 0.3) is 0 Å². The maximum absolute atomic E-state index is 12.6. The number of benzene rings is 2. The van der Waals surface area contributed by atoms with Gasteiger partial charge in [-0.2, -0.15) is 0 Å². The minimum absolute atomic E-state index is 0.0942. The summed E-state index contributed by atoms with van der Waals surface area (Å²) in [4.78, 5) is 26.9. The Labute approximate surface area is 157 Å². The fourth-order valence-corrected chi connectivity index (χ4v) is 4.04. The van der Waals surface area contributed by atoms with E-state index in [-0.39, 0.29) is 11.7 Å². The molecule has 26 heavy (non-hydrogen) atoms. The molecule has 1 saturated heterocycles. The summed E-state index contributed by atoms with van der Waals surface area (Å²) in [5, 5.41) is 0.683. The first-order chi connectivity index (χ1) is 12.5. The molecule has 1 amide bonds. The standard InChI is InChI=1S/C21H20ClNO3/c22-16-5-3-4-15(12-16)8-9-20(25)23-11-10-21(14-23)13-18(24)17-6-1-2-7-19(17)26-21/h1-7,12H,8-11,13-14H2. The highest BCUT2D eigenvalue weighted by molar-refractivity contribution is 6.30. The Hall–Kier alpha value is -2.33. The van der Waals surface area contributed by atoms with Gasteiger partial charge in [-0.25, -0.2) is 0 Å². The quantitative estimate of drug-likeness (QED) is 0.824. The molecule has 0 aliphatic carbocycles. The highest BCUT2D eigenvalue weighted by Gasteiger charge is 2.46. The Kier molecular flexibility index (Phi) is 4.45. The highest BCUT2D eigenvalue weighted by Crippen LogP contribution is 2.38. The molecular formula is C21H20ClNO3. The fraction of sp³-hybridized carbons (Fsp3) is 0.333. The van der Waals surface area contributed by atoms with E-state index in [1.807, 2.05) is 47.4 Å². The Morgan fingerprint density at radius 1 is 1.19 bits per heavy atom. The van der Waals surface area contributed by atoms with Crippen LogP contribution in [0.15, 0.2) is 48.5 Å². The van der Waals surface area contributed by atoms with Crippen molar-refractivity contribution >= 4 is 23.3 Å². The molecular weight excluding hydrogens is 350 g/mol. The molecule has 1 spiro atoms. The number of Topliss-reactive ketones (excluding diaryl/α,β-unsaturated/α-hetero) is 1. The van der Waals surface area contributed by atoms with Crippen LogP contribution in [0.3, 0.4) is 0 Å². The predicted molar refractivity (Wildman–Crippen MR) is 99.7 cm³/mol. The number of halogens is 1. The van der Waals surface area contributed by atoms with Crippen LogP contribution in [0, 0.1) is 0 Å². The number of nitrogens with zero attached hydrogens (tertiary/aromatic N) is 1. The van der Waals surface area contributed by atoms with Gasteiger partial charge in [0.15, 0.2) is 5.78 Å². The minimum Gasteiger partial charge on any atom is -0.484 e. The number of amides is 1. The third-order valence-electron chi connectivity index (χ3n) is 5.18. The van der Waals surface area contributed by atoms with E-state index in [4.69, 9.17) is 16.3 Å². The van der Waals surface area contributed by atoms with Gasteiger partial charge in [-0.3, -0.25) is 9.59 Å². The van der Waals surface area contributed by atoms with Crippen molar-refractivity contribution in [1.82, 2.24) is 4.90 Å². The van der Waals surface area contributed by atoms with Gasteiger partial charge >= 0.3 is 0 Å². The minimum atomic E-state index is -0.572. The number of ether oxygens (including phenoxy) is 1. The Balaban J connectivity index is 1.40. The topological polar surface area (TPSA) is 46.6 Å². The van der Waals surface area contributed by atoms with Crippen molar-refractivity contribution in [2.75, 3.05) is 13.1 Å². The molecule has 4 nitrogen and oxygen atoms in total. The van der Waals surface area contributed by atoms with Crippen LogP contribution < -0.4 is 4.74 Å². The van der Waals surface area contributed by atoms with Crippen LogP contribution >= 0.6 is 11.6 Å². The second kappa shape index (κ2) is 6.76. The number of hydrogen-bond donors (Lipinski definition) is 0. The van der Waals surface area contributed by atoms with Crippen LogP contribution in [0.5, 0.6) is 5.75 Å². The number of likely N-dealkylation sites (tertiary alicyclic amines) is 1. The summed E-state index contributed by atoms with van der Waals surface area (Å²) in [5.41, 5.74) is 1.12. The lowest BCUT2D eigenvalue weighted by molar-refractivity contribution is -0.130. The zero-order valence-corrected chi connectivity index (χ0v) is 15.2. The zero-order chi connectivity index (χ0) is 18.1. The van der Waals surface area contributed by atoms with E-state index in [9.17, 15) is 9.59 Å². The summed E-state index contributed by atoms with van der Waals surface area (Å²) in [6.45, 7) is 1.10. The molecule has 2 aromatic rings. The first-order valence-corrected chi connectivity index (χ1v) is 9.26. The third-order valence-corrected chi connectivity index (χ3v) is 5.42. The largest absolute Gasteiger partial charge is 0.484 e. The van der Waals surface area contributed by atoms with Crippen molar-refractivity contribution < 1.29 is 14.3 Å². The first-order valence-electron chi connectivity index (χ1n) is 8.88. The Morgan fingerprint density at radius 3 is 2.88 bits per heavy atom. The Bertz CT molecular complexity index is 866. The maximum Gasteiger partial charge on any atom is 0.223 e. The van der Waals surface area contributed by atoms with Crippen molar-refractivity contribution in [3.63, 3.8) is 0 Å². The fourth-order valence-electron chi connectivity index (χ4n) is 3.83. The van der Waals surface area contributed by atoms with Gasteiger partial charge in [-0.1, -0.05) is 35.9 Å². The number of rotatable bonds is 3. The molecule has 0 saturated carbocycles. The van der Waals surface area contributed by atoms with Gasteiger partial charge in [-0.15, -0.1) is 0 Å². The summed E-state index contributed by atoms with van der Waals surface area (Å²) >= 11 is 6.00. The zero-order valence-electron chi connectivity index (χ0n) is 14.4. The summed E-state index contributed by atoms with van der Waals surface area (Å²) < 4.78 is 6.18. The third kappa shape index (κ3) is 3.34. The lowest BCUT2D eigenvalue weighted by Gasteiger charge is -2.34. The number of para-hydroxylation sites is 1. The van der Waals surface area contributed by atoms with Crippen molar-refractivity contribution in [3.8, 4) is 5.75 Å². The maximum atomic E-state index is 12.6. The van der Waals surface area contributed by atoms with Crippen LogP contribution in [0.4, 0.5) is 0 Å². The number of carbonyl (C=O) groups excluding carboxylic acids is 2. The van der Waals surface area contributed by atoms with E-state index in [0.717, 1.165) is 5.56 Å². The number of hydrogen-bond acceptors (Lipinski definition) is 3. The van der Waals surface area contributed by atoms with Crippen molar-refractivity contribution in [2.24, 2.45) is 0 Å². The van der Waals surface area contributed by atoms with E-state index in [0.29, 0.717) is 55.1 Å². The van der Waals surface area contributed by atoms with E-state index < -0.39 is 5.60 Å². The smallest absolute Gasteiger partial charge is 0.223 e. The van der Waals surface area contributed by atoms with Gasteiger partial charge in [0.2, 0.25) is 5.91 Å². The molecule has 0 N–H and O–H groups in total. The molecule has 5 heteroatoms. The molecule has 2 heterocycles. The van der Waals surface area contributed by atoms with Crippen molar-refractivity contribution in [2.45, 2.75) is 31.3 Å². The van der Waals surface area contributed by atoms with Gasteiger partial charge in [0.05, 0.1) is 18.5 Å². The molecule has 1 atom stereocenters.